The Morgan fingerprint density at radius 3 is 2.95 bits per heavy atom. The summed E-state index contributed by atoms with van der Waals surface area (Å²) in [5.74, 6) is 0. The molecule has 0 saturated carbocycles. The molecule has 0 aliphatic carbocycles. The molecule has 1 aromatic carbocycles. The first-order valence-corrected chi connectivity index (χ1v) is 7.07. The number of methoxy groups -OCH3 is 1. The number of halogens is 2. The third-order valence-electron chi connectivity index (χ3n) is 3.57. The maximum Gasteiger partial charge on any atom is 0.0997 e. The Morgan fingerprint density at radius 2 is 2.16 bits per heavy atom. The zero-order valence-electron chi connectivity index (χ0n) is 10.6. The lowest BCUT2D eigenvalue weighted by atomic mass is 10.0. The van der Waals surface area contributed by atoms with Gasteiger partial charge in [0.25, 0.3) is 0 Å². The van der Waals surface area contributed by atoms with Gasteiger partial charge in [-0.15, -0.1) is 0 Å². The van der Waals surface area contributed by atoms with E-state index in [0.717, 1.165) is 34.5 Å². The van der Waals surface area contributed by atoms with Crippen LogP contribution in [0, 0.1) is 0 Å². The Labute approximate surface area is 121 Å². The highest BCUT2D eigenvalue weighted by atomic mass is 35.5. The van der Waals surface area contributed by atoms with Gasteiger partial charge in [-0.25, -0.2) is 0 Å². The summed E-state index contributed by atoms with van der Waals surface area (Å²) >= 11 is 12.6. The second-order valence-electron chi connectivity index (χ2n) is 4.69. The van der Waals surface area contributed by atoms with Crippen LogP contribution in [-0.2, 0) is 15.9 Å². The fourth-order valence-electron chi connectivity index (χ4n) is 2.69. The predicted octanol–water partition coefficient (Wildman–Crippen LogP) is 4.13. The molecular formula is C14H15Cl2NO2. The van der Waals surface area contributed by atoms with Crippen LogP contribution < -0.4 is 0 Å². The molecule has 0 saturated heterocycles. The fourth-order valence-corrected chi connectivity index (χ4v) is 3.16. The number of hydrogen-bond donors (Lipinski definition) is 1. The number of aromatic amines is 1. The molecule has 1 atom stereocenters. The number of fused-ring (bicyclic) bond motifs is 3. The minimum atomic E-state index is 0.0308. The summed E-state index contributed by atoms with van der Waals surface area (Å²) in [5.41, 5.74) is 3.23. The molecule has 102 valence electrons. The third-order valence-corrected chi connectivity index (χ3v) is 4.20. The summed E-state index contributed by atoms with van der Waals surface area (Å²) in [5, 5.41) is 2.47. The van der Waals surface area contributed by atoms with Crippen LogP contribution in [0.15, 0.2) is 12.1 Å². The predicted molar refractivity (Wildman–Crippen MR) is 77.2 cm³/mol. The molecule has 1 aliphatic rings. The molecule has 0 spiro atoms. The first kappa shape index (κ1) is 13.3. The minimum absolute atomic E-state index is 0.0308. The molecule has 0 radical (unpaired) electrons. The van der Waals surface area contributed by atoms with E-state index in [1.54, 1.807) is 7.11 Å². The number of nitrogens with one attached hydrogen (secondary N) is 1. The summed E-state index contributed by atoms with van der Waals surface area (Å²) < 4.78 is 11.0. The standard InChI is InChI=1S/C14H15Cl2NO2/c1-18-6-5-11-13-8(4-7-19-11)12-9(15)2-3-10(16)14(12)17-13/h2-3,11,17H,4-7H2,1H3. The number of aromatic nitrogens is 1. The van der Waals surface area contributed by atoms with Crippen LogP contribution in [0.25, 0.3) is 10.9 Å². The molecule has 0 bridgehead atoms. The van der Waals surface area contributed by atoms with Gasteiger partial charge >= 0.3 is 0 Å². The Hall–Kier alpha value is -0.740. The molecule has 2 aromatic rings. The molecule has 1 unspecified atom stereocenters. The van der Waals surface area contributed by atoms with Crippen molar-refractivity contribution in [3.63, 3.8) is 0 Å². The van der Waals surface area contributed by atoms with Crippen molar-refractivity contribution in [3.05, 3.63) is 33.4 Å². The van der Waals surface area contributed by atoms with E-state index in [2.05, 4.69) is 4.98 Å². The molecule has 1 aliphatic heterocycles. The van der Waals surface area contributed by atoms with Gasteiger partial charge < -0.3 is 14.5 Å². The normalized spacial score (nSPS) is 18.8. The van der Waals surface area contributed by atoms with Crippen molar-refractivity contribution in [3.8, 4) is 0 Å². The molecule has 3 nitrogen and oxygen atoms in total. The van der Waals surface area contributed by atoms with Crippen LogP contribution in [0.2, 0.25) is 10.0 Å². The van der Waals surface area contributed by atoms with E-state index < -0.39 is 0 Å². The van der Waals surface area contributed by atoms with Crippen LogP contribution in [-0.4, -0.2) is 25.3 Å². The fraction of sp³-hybridized carbons (Fsp3) is 0.429. The van der Waals surface area contributed by atoms with Crippen LogP contribution in [0.5, 0.6) is 0 Å². The largest absolute Gasteiger partial charge is 0.385 e. The first-order chi connectivity index (χ1) is 9.22. The number of benzene rings is 1. The molecular weight excluding hydrogens is 285 g/mol. The Balaban J connectivity index is 2.13. The zero-order chi connectivity index (χ0) is 13.4. The van der Waals surface area contributed by atoms with Gasteiger partial charge in [0.1, 0.15) is 0 Å². The average Bonchev–Trinajstić information content (AvgIpc) is 2.82. The van der Waals surface area contributed by atoms with E-state index in [0.29, 0.717) is 18.2 Å². The summed E-state index contributed by atoms with van der Waals surface area (Å²) in [6.07, 6.45) is 1.72. The van der Waals surface area contributed by atoms with Gasteiger partial charge in [-0.1, -0.05) is 23.2 Å². The van der Waals surface area contributed by atoms with E-state index in [9.17, 15) is 0 Å². The van der Waals surface area contributed by atoms with E-state index in [-0.39, 0.29) is 6.10 Å². The van der Waals surface area contributed by atoms with E-state index in [1.165, 1.54) is 5.56 Å². The van der Waals surface area contributed by atoms with Crippen molar-refractivity contribution in [2.45, 2.75) is 18.9 Å². The van der Waals surface area contributed by atoms with Crippen molar-refractivity contribution in [2.75, 3.05) is 20.3 Å². The highest BCUT2D eigenvalue weighted by Crippen LogP contribution is 2.39. The topological polar surface area (TPSA) is 34.2 Å². The quantitative estimate of drug-likeness (QED) is 0.925. The van der Waals surface area contributed by atoms with E-state index >= 15 is 0 Å². The van der Waals surface area contributed by atoms with Gasteiger partial charge in [0, 0.05) is 31.2 Å². The van der Waals surface area contributed by atoms with Gasteiger partial charge in [0.05, 0.1) is 28.3 Å². The number of rotatable bonds is 3. The van der Waals surface area contributed by atoms with Crippen molar-refractivity contribution in [1.82, 2.24) is 4.98 Å². The molecule has 1 aromatic heterocycles. The molecule has 19 heavy (non-hydrogen) atoms. The SMILES string of the molecule is COCCC1OCCc2c1[nH]c1c(Cl)ccc(Cl)c21. The lowest BCUT2D eigenvalue weighted by Gasteiger charge is -2.23. The summed E-state index contributed by atoms with van der Waals surface area (Å²) in [7, 11) is 1.70. The van der Waals surface area contributed by atoms with E-state index in [1.807, 2.05) is 12.1 Å². The molecule has 1 N–H and O–H groups in total. The molecule has 0 fully saturated rings. The smallest absolute Gasteiger partial charge is 0.0997 e. The molecule has 2 heterocycles. The highest BCUT2D eigenvalue weighted by molar-refractivity contribution is 6.40. The maximum atomic E-state index is 6.32. The lowest BCUT2D eigenvalue weighted by Crippen LogP contribution is -2.17. The van der Waals surface area contributed by atoms with Crippen molar-refractivity contribution >= 4 is 34.1 Å². The summed E-state index contributed by atoms with van der Waals surface area (Å²) in [6.45, 7) is 1.37. The first-order valence-electron chi connectivity index (χ1n) is 6.31. The van der Waals surface area contributed by atoms with Gasteiger partial charge in [0.2, 0.25) is 0 Å². The van der Waals surface area contributed by atoms with Crippen LogP contribution in [0.1, 0.15) is 23.8 Å². The second-order valence-corrected chi connectivity index (χ2v) is 5.50. The zero-order valence-corrected chi connectivity index (χ0v) is 12.1. The number of ether oxygens (including phenoxy) is 2. The van der Waals surface area contributed by atoms with Crippen molar-refractivity contribution in [1.29, 1.82) is 0 Å². The number of H-pyrrole nitrogens is 1. The molecule has 3 rings (SSSR count). The van der Waals surface area contributed by atoms with Crippen molar-refractivity contribution in [2.24, 2.45) is 0 Å². The Morgan fingerprint density at radius 1 is 1.37 bits per heavy atom. The Bertz CT molecular complexity index is 609. The van der Waals surface area contributed by atoms with Gasteiger partial charge in [-0.2, -0.15) is 0 Å². The maximum absolute atomic E-state index is 6.32. The highest BCUT2D eigenvalue weighted by Gasteiger charge is 2.26. The van der Waals surface area contributed by atoms with Crippen LogP contribution in [0.4, 0.5) is 0 Å². The van der Waals surface area contributed by atoms with E-state index in [4.69, 9.17) is 32.7 Å². The van der Waals surface area contributed by atoms with Gasteiger partial charge in [0.15, 0.2) is 0 Å². The monoisotopic (exact) mass is 299 g/mol. The summed E-state index contributed by atoms with van der Waals surface area (Å²) in [6, 6.07) is 3.67. The van der Waals surface area contributed by atoms with Gasteiger partial charge in [-0.3, -0.25) is 0 Å². The third kappa shape index (κ3) is 2.25. The number of hydrogen-bond acceptors (Lipinski definition) is 2. The second kappa shape index (κ2) is 5.33. The van der Waals surface area contributed by atoms with Crippen LogP contribution >= 0.6 is 23.2 Å². The lowest BCUT2D eigenvalue weighted by molar-refractivity contribution is 0.0175. The van der Waals surface area contributed by atoms with Crippen molar-refractivity contribution < 1.29 is 9.47 Å². The molecule has 5 heteroatoms. The Kier molecular flexibility index (Phi) is 3.72. The minimum Gasteiger partial charge on any atom is -0.385 e. The van der Waals surface area contributed by atoms with Crippen LogP contribution in [0.3, 0.4) is 0 Å². The molecule has 0 amide bonds. The average molecular weight is 300 g/mol. The summed E-state index contributed by atoms with van der Waals surface area (Å²) in [4.78, 5) is 3.39. The van der Waals surface area contributed by atoms with Gasteiger partial charge in [-0.05, 0) is 24.1 Å².